The molecule has 1 fully saturated rings. The summed E-state index contributed by atoms with van der Waals surface area (Å²) in [5.41, 5.74) is 1.58. The normalized spacial score (nSPS) is 19.7. The molecule has 0 saturated carbocycles. The molecule has 2 heterocycles. The summed E-state index contributed by atoms with van der Waals surface area (Å²) in [6.45, 7) is 3.89. The van der Waals surface area contributed by atoms with Crippen molar-refractivity contribution in [3.8, 4) is 0 Å². The van der Waals surface area contributed by atoms with Crippen LogP contribution in [0, 0.1) is 13.8 Å². The maximum atomic E-state index is 12.9. The number of hydrogen-bond donors (Lipinski definition) is 0. The van der Waals surface area contributed by atoms with Crippen molar-refractivity contribution >= 4 is 10.0 Å². The SMILES string of the molecule is Cc1ccc(S(=O)(=O)N2CCCC(c3nnc(C(F)(F)F)o3)C2)c(C)c1. The molecule has 1 aromatic heterocycles. The number of sulfonamides is 1. The number of halogens is 3. The van der Waals surface area contributed by atoms with Crippen LogP contribution in [-0.2, 0) is 16.2 Å². The van der Waals surface area contributed by atoms with Crippen molar-refractivity contribution in [1.82, 2.24) is 14.5 Å². The Morgan fingerprint density at radius 3 is 2.58 bits per heavy atom. The van der Waals surface area contributed by atoms with Gasteiger partial charge in [-0.15, -0.1) is 10.2 Å². The number of nitrogens with zero attached hydrogens (tertiary/aromatic N) is 3. The van der Waals surface area contributed by atoms with Gasteiger partial charge in [0.1, 0.15) is 0 Å². The molecule has 0 spiro atoms. The van der Waals surface area contributed by atoms with Crippen molar-refractivity contribution < 1.29 is 26.0 Å². The molecule has 1 aliphatic heterocycles. The molecule has 0 bridgehead atoms. The van der Waals surface area contributed by atoms with Crippen molar-refractivity contribution in [3.63, 3.8) is 0 Å². The minimum absolute atomic E-state index is 0.00907. The Kier molecular flexibility index (Phi) is 4.82. The molecule has 2 aromatic rings. The van der Waals surface area contributed by atoms with Crippen molar-refractivity contribution in [2.75, 3.05) is 13.1 Å². The van der Waals surface area contributed by atoms with Crippen LogP contribution in [0.1, 0.15) is 41.7 Å². The van der Waals surface area contributed by atoms with E-state index in [-0.39, 0.29) is 17.3 Å². The van der Waals surface area contributed by atoms with Gasteiger partial charge >= 0.3 is 12.1 Å². The molecule has 0 aliphatic carbocycles. The van der Waals surface area contributed by atoms with Crippen LogP contribution >= 0.6 is 0 Å². The molecule has 1 aromatic carbocycles. The van der Waals surface area contributed by atoms with Crippen LogP contribution in [0.5, 0.6) is 0 Å². The summed E-state index contributed by atoms with van der Waals surface area (Å²) in [6, 6.07) is 5.05. The summed E-state index contributed by atoms with van der Waals surface area (Å²) < 4.78 is 69.8. The Hall–Kier alpha value is -1.94. The average Bonchev–Trinajstić information content (AvgIpc) is 3.05. The highest BCUT2D eigenvalue weighted by molar-refractivity contribution is 7.89. The molecular formula is C16H18F3N3O3S. The zero-order chi connectivity index (χ0) is 19.1. The van der Waals surface area contributed by atoms with E-state index in [0.717, 1.165) is 5.56 Å². The number of benzene rings is 1. The van der Waals surface area contributed by atoms with Crippen LogP contribution in [0.4, 0.5) is 13.2 Å². The van der Waals surface area contributed by atoms with Gasteiger partial charge in [0.2, 0.25) is 15.9 Å². The van der Waals surface area contributed by atoms with E-state index in [4.69, 9.17) is 4.42 Å². The van der Waals surface area contributed by atoms with Crippen LogP contribution in [0.15, 0.2) is 27.5 Å². The number of aromatic nitrogens is 2. The van der Waals surface area contributed by atoms with Gasteiger partial charge < -0.3 is 4.42 Å². The summed E-state index contributed by atoms with van der Waals surface area (Å²) >= 11 is 0. The topological polar surface area (TPSA) is 76.3 Å². The third-order valence-corrected chi connectivity index (χ3v) is 6.39. The second-order valence-corrected chi connectivity index (χ2v) is 8.32. The first kappa shape index (κ1) is 18.8. The van der Waals surface area contributed by atoms with Gasteiger partial charge in [0.15, 0.2) is 0 Å². The van der Waals surface area contributed by atoms with Gasteiger partial charge in [0.25, 0.3) is 0 Å². The molecular weight excluding hydrogens is 371 g/mol. The predicted octanol–water partition coefficient (Wildman–Crippen LogP) is 3.27. The van der Waals surface area contributed by atoms with Gasteiger partial charge in [-0.3, -0.25) is 0 Å². The van der Waals surface area contributed by atoms with Crippen molar-refractivity contribution in [1.29, 1.82) is 0 Å². The van der Waals surface area contributed by atoms with Gasteiger partial charge in [-0.1, -0.05) is 17.7 Å². The minimum Gasteiger partial charge on any atom is -0.417 e. The Bertz CT molecular complexity index is 909. The monoisotopic (exact) mass is 389 g/mol. The zero-order valence-electron chi connectivity index (χ0n) is 14.2. The van der Waals surface area contributed by atoms with E-state index in [2.05, 4.69) is 10.2 Å². The zero-order valence-corrected chi connectivity index (χ0v) is 15.1. The molecule has 1 atom stereocenters. The maximum Gasteiger partial charge on any atom is 0.470 e. The quantitative estimate of drug-likeness (QED) is 0.805. The van der Waals surface area contributed by atoms with E-state index in [9.17, 15) is 21.6 Å². The van der Waals surface area contributed by atoms with Gasteiger partial charge in [-0.05, 0) is 38.3 Å². The van der Waals surface area contributed by atoms with E-state index in [1.54, 1.807) is 25.1 Å². The van der Waals surface area contributed by atoms with Crippen LogP contribution in [0.25, 0.3) is 0 Å². The van der Waals surface area contributed by atoms with Crippen LogP contribution in [-0.4, -0.2) is 36.0 Å². The second kappa shape index (κ2) is 6.66. The first-order valence-electron chi connectivity index (χ1n) is 8.07. The summed E-state index contributed by atoms with van der Waals surface area (Å²) in [6.07, 6.45) is -3.73. The number of aryl methyl sites for hydroxylation is 2. The standard InChI is InChI=1S/C16H18F3N3O3S/c1-10-5-6-13(11(2)8-10)26(23,24)22-7-3-4-12(9-22)14-20-21-15(25-14)16(17,18)19/h5-6,8,12H,3-4,7,9H2,1-2H3. The summed E-state index contributed by atoms with van der Waals surface area (Å²) in [4.78, 5) is 0.199. The molecule has 142 valence electrons. The van der Waals surface area contributed by atoms with Gasteiger partial charge in [-0.2, -0.15) is 17.5 Å². The van der Waals surface area contributed by atoms with Crippen LogP contribution in [0.2, 0.25) is 0 Å². The Morgan fingerprint density at radius 2 is 1.96 bits per heavy atom. The third kappa shape index (κ3) is 3.61. The molecule has 3 rings (SSSR count). The van der Waals surface area contributed by atoms with Gasteiger partial charge in [0, 0.05) is 13.1 Å². The lowest BCUT2D eigenvalue weighted by molar-refractivity contribution is -0.157. The van der Waals surface area contributed by atoms with Crippen molar-refractivity contribution in [3.05, 3.63) is 41.1 Å². The highest BCUT2D eigenvalue weighted by Crippen LogP contribution is 2.33. The molecule has 10 heteroatoms. The smallest absolute Gasteiger partial charge is 0.417 e. The largest absolute Gasteiger partial charge is 0.470 e. The molecule has 6 nitrogen and oxygen atoms in total. The fourth-order valence-electron chi connectivity index (χ4n) is 3.10. The number of rotatable bonds is 3. The molecule has 0 radical (unpaired) electrons. The van der Waals surface area contributed by atoms with Crippen LogP contribution < -0.4 is 0 Å². The summed E-state index contributed by atoms with van der Waals surface area (Å²) in [5.74, 6) is -2.16. The lowest BCUT2D eigenvalue weighted by atomic mass is 10.00. The maximum absolute atomic E-state index is 12.9. The Balaban J connectivity index is 1.85. The highest BCUT2D eigenvalue weighted by Gasteiger charge is 2.40. The van der Waals surface area contributed by atoms with E-state index < -0.39 is 28.0 Å². The van der Waals surface area contributed by atoms with Gasteiger partial charge in [0.05, 0.1) is 10.8 Å². The van der Waals surface area contributed by atoms with E-state index in [1.807, 2.05) is 6.92 Å². The van der Waals surface area contributed by atoms with E-state index >= 15 is 0 Å². The minimum atomic E-state index is -4.72. The number of hydrogen-bond acceptors (Lipinski definition) is 5. The lowest BCUT2D eigenvalue weighted by Crippen LogP contribution is -2.39. The average molecular weight is 389 g/mol. The fourth-order valence-corrected chi connectivity index (χ4v) is 4.83. The number of alkyl halides is 3. The first-order chi connectivity index (χ1) is 12.1. The van der Waals surface area contributed by atoms with E-state index in [1.165, 1.54) is 4.31 Å². The Morgan fingerprint density at radius 1 is 1.23 bits per heavy atom. The molecule has 1 aliphatic rings. The first-order valence-corrected chi connectivity index (χ1v) is 9.51. The van der Waals surface area contributed by atoms with Crippen molar-refractivity contribution in [2.45, 2.75) is 43.7 Å². The highest BCUT2D eigenvalue weighted by atomic mass is 32.2. The fraction of sp³-hybridized carbons (Fsp3) is 0.500. The predicted molar refractivity (Wildman–Crippen MR) is 85.9 cm³/mol. The second-order valence-electron chi connectivity index (χ2n) is 6.41. The van der Waals surface area contributed by atoms with E-state index in [0.29, 0.717) is 24.9 Å². The van der Waals surface area contributed by atoms with Gasteiger partial charge in [-0.25, -0.2) is 8.42 Å². The summed E-state index contributed by atoms with van der Waals surface area (Å²) in [7, 11) is -3.75. The van der Waals surface area contributed by atoms with Crippen molar-refractivity contribution in [2.24, 2.45) is 0 Å². The Labute approximate surface area is 149 Å². The lowest BCUT2D eigenvalue weighted by Gasteiger charge is -2.30. The molecule has 1 saturated heterocycles. The molecule has 0 amide bonds. The van der Waals surface area contributed by atoms with Crippen LogP contribution in [0.3, 0.4) is 0 Å². The third-order valence-electron chi connectivity index (χ3n) is 4.36. The number of piperidine rings is 1. The summed E-state index contributed by atoms with van der Waals surface area (Å²) in [5, 5.41) is 6.49. The molecule has 26 heavy (non-hydrogen) atoms. The molecule has 0 N–H and O–H groups in total. The molecule has 1 unspecified atom stereocenters.